The molecule has 0 fully saturated rings. The van der Waals surface area contributed by atoms with E-state index < -0.39 is 0 Å². The molecule has 124 valence electrons. The zero-order valence-electron chi connectivity index (χ0n) is 13.6. The highest BCUT2D eigenvalue weighted by Gasteiger charge is 2.13. The van der Waals surface area contributed by atoms with Gasteiger partial charge in [-0.05, 0) is 18.2 Å². The number of ether oxygens (including phenoxy) is 3. The van der Waals surface area contributed by atoms with Gasteiger partial charge in [0.15, 0.2) is 11.5 Å². The number of phenolic OH excluding ortho intramolecular Hbond substituents is 1. The summed E-state index contributed by atoms with van der Waals surface area (Å²) in [4.78, 5) is 0. The van der Waals surface area contributed by atoms with Crippen LogP contribution in [-0.2, 0) is 0 Å². The second-order valence-electron chi connectivity index (χ2n) is 4.99. The van der Waals surface area contributed by atoms with Crippen molar-refractivity contribution in [1.29, 1.82) is 0 Å². The Balaban J connectivity index is 2.10. The van der Waals surface area contributed by atoms with Crippen LogP contribution in [0.4, 0.5) is 0 Å². The number of benzene rings is 2. The van der Waals surface area contributed by atoms with Crippen LogP contribution >= 0.6 is 0 Å². The minimum Gasteiger partial charge on any atom is -0.504 e. The number of hydrogen-bond donors (Lipinski definition) is 1. The van der Waals surface area contributed by atoms with Gasteiger partial charge in [-0.15, -0.1) is 5.10 Å². The molecule has 3 rings (SSSR count). The van der Waals surface area contributed by atoms with Crippen molar-refractivity contribution in [2.75, 3.05) is 21.3 Å². The third-order valence-electron chi connectivity index (χ3n) is 3.60. The van der Waals surface area contributed by atoms with Gasteiger partial charge in [0.2, 0.25) is 0 Å². The van der Waals surface area contributed by atoms with E-state index in [1.165, 1.54) is 7.11 Å². The van der Waals surface area contributed by atoms with Gasteiger partial charge >= 0.3 is 0 Å². The lowest BCUT2D eigenvalue weighted by atomic mass is 10.1. The number of rotatable bonds is 5. The van der Waals surface area contributed by atoms with E-state index in [-0.39, 0.29) is 5.75 Å². The minimum absolute atomic E-state index is 0.0472. The molecular formula is C17H17N3O4. The van der Waals surface area contributed by atoms with Crippen molar-refractivity contribution in [3.8, 4) is 39.9 Å². The van der Waals surface area contributed by atoms with Gasteiger partial charge in [0.25, 0.3) is 0 Å². The summed E-state index contributed by atoms with van der Waals surface area (Å²) in [6, 6.07) is 10.5. The van der Waals surface area contributed by atoms with Crippen molar-refractivity contribution in [2.45, 2.75) is 0 Å². The zero-order chi connectivity index (χ0) is 17.1. The molecule has 7 heteroatoms. The van der Waals surface area contributed by atoms with Crippen LogP contribution in [0.25, 0.3) is 16.9 Å². The van der Waals surface area contributed by atoms with Crippen molar-refractivity contribution < 1.29 is 19.3 Å². The fraction of sp³-hybridized carbons (Fsp3) is 0.176. The molecule has 24 heavy (non-hydrogen) atoms. The number of phenols is 1. The van der Waals surface area contributed by atoms with Crippen LogP contribution in [0, 0.1) is 0 Å². The lowest BCUT2D eigenvalue weighted by Crippen LogP contribution is -2.01. The molecular weight excluding hydrogens is 310 g/mol. The number of hydrogen-bond acceptors (Lipinski definition) is 6. The largest absolute Gasteiger partial charge is 0.504 e. The number of nitrogens with zero attached hydrogens (tertiary/aromatic N) is 3. The predicted molar refractivity (Wildman–Crippen MR) is 88.1 cm³/mol. The monoisotopic (exact) mass is 327 g/mol. The van der Waals surface area contributed by atoms with E-state index >= 15 is 0 Å². The Morgan fingerprint density at radius 3 is 2.21 bits per heavy atom. The summed E-state index contributed by atoms with van der Waals surface area (Å²) in [5, 5.41) is 18.1. The molecule has 0 aliphatic carbocycles. The van der Waals surface area contributed by atoms with Gasteiger partial charge in [-0.1, -0.05) is 5.21 Å². The van der Waals surface area contributed by atoms with Gasteiger partial charge in [0.1, 0.15) is 11.5 Å². The number of aromatic hydroxyl groups is 1. The third-order valence-corrected chi connectivity index (χ3v) is 3.60. The van der Waals surface area contributed by atoms with E-state index in [1.54, 1.807) is 43.3 Å². The first-order valence-electron chi connectivity index (χ1n) is 7.17. The predicted octanol–water partition coefficient (Wildman–Crippen LogP) is 2.67. The standard InChI is InChI=1S/C17H17N3O4/c1-22-13-7-12(8-14(9-13)23-2)20-15(10-18-19-20)11-4-5-17(24-3)16(21)6-11/h4-10,21H,1-3H3. The van der Waals surface area contributed by atoms with Gasteiger partial charge in [-0.2, -0.15) is 0 Å². The number of methoxy groups -OCH3 is 3. The molecule has 0 atom stereocenters. The minimum atomic E-state index is 0.0472. The summed E-state index contributed by atoms with van der Waals surface area (Å²) in [7, 11) is 4.67. The second kappa shape index (κ2) is 6.49. The normalized spacial score (nSPS) is 10.5. The van der Waals surface area contributed by atoms with Crippen molar-refractivity contribution in [1.82, 2.24) is 15.0 Å². The SMILES string of the molecule is COc1cc(OC)cc(-n2nncc2-c2ccc(OC)c(O)c2)c1. The van der Waals surface area contributed by atoms with E-state index in [9.17, 15) is 5.11 Å². The molecule has 0 saturated heterocycles. The molecule has 2 aromatic carbocycles. The van der Waals surface area contributed by atoms with E-state index in [2.05, 4.69) is 10.3 Å². The van der Waals surface area contributed by atoms with Crippen LogP contribution in [0.2, 0.25) is 0 Å². The Hall–Kier alpha value is -3.22. The van der Waals surface area contributed by atoms with Crippen molar-refractivity contribution in [2.24, 2.45) is 0 Å². The average molecular weight is 327 g/mol. The molecule has 0 aliphatic heterocycles. The molecule has 0 unspecified atom stereocenters. The maximum absolute atomic E-state index is 10.0. The fourth-order valence-electron chi connectivity index (χ4n) is 2.39. The Kier molecular flexibility index (Phi) is 4.24. The molecule has 0 aliphatic rings. The number of aromatic nitrogens is 3. The Bertz CT molecular complexity index is 839. The van der Waals surface area contributed by atoms with Gasteiger partial charge in [0.05, 0.1) is 38.9 Å². The molecule has 0 spiro atoms. The van der Waals surface area contributed by atoms with Crippen LogP contribution in [0.1, 0.15) is 0 Å². The molecule has 0 radical (unpaired) electrons. The Morgan fingerprint density at radius 1 is 0.917 bits per heavy atom. The molecule has 1 heterocycles. The maximum Gasteiger partial charge on any atom is 0.160 e. The second-order valence-corrected chi connectivity index (χ2v) is 4.99. The van der Waals surface area contributed by atoms with Crippen LogP contribution < -0.4 is 14.2 Å². The zero-order valence-corrected chi connectivity index (χ0v) is 13.6. The van der Waals surface area contributed by atoms with Crippen molar-refractivity contribution >= 4 is 0 Å². The Labute approximate surface area is 139 Å². The molecule has 0 bridgehead atoms. The van der Waals surface area contributed by atoms with Crippen LogP contribution in [-0.4, -0.2) is 41.4 Å². The summed E-state index contributed by atoms with van der Waals surface area (Å²) in [6.07, 6.45) is 1.62. The van der Waals surface area contributed by atoms with Crippen LogP contribution in [0.5, 0.6) is 23.0 Å². The lowest BCUT2D eigenvalue weighted by Gasteiger charge is -2.11. The quantitative estimate of drug-likeness (QED) is 0.776. The first-order chi connectivity index (χ1) is 11.7. The summed E-state index contributed by atoms with van der Waals surface area (Å²) in [6.45, 7) is 0. The van der Waals surface area contributed by atoms with Gasteiger partial charge in [0, 0.05) is 23.8 Å². The molecule has 0 saturated carbocycles. The molecule has 7 nitrogen and oxygen atoms in total. The maximum atomic E-state index is 10.0. The summed E-state index contributed by atoms with van der Waals surface area (Å²) >= 11 is 0. The highest BCUT2D eigenvalue weighted by Crippen LogP contribution is 2.33. The lowest BCUT2D eigenvalue weighted by molar-refractivity contribution is 0.373. The highest BCUT2D eigenvalue weighted by atomic mass is 16.5. The molecule has 1 aromatic heterocycles. The highest BCUT2D eigenvalue weighted by molar-refractivity contribution is 5.65. The van der Waals surface area contributed by atoms with Gasteiger partial charge in [-0.3, -0.25) is 0 Å². The van der Waals surface area contributed by atoms with Crippen molar-refractivity contribution in [3.05, 3.63) is 42.6 Å². The fourth-order valence-corrected chi connectivity index (χ4v) is 2.39. The topological polar surface area (TPSA) is 78.6 Å². The van der Waals surface area contributed by atoms with E-state index in [4.69, 9.17) is 14.2 Å². The summed E-state index contributed by atoms with van der Waals surface area (Å²) in [5.41, 5.74) is 2.19. The van der Waals surface area contributed by atoms with Crippen LogP contribution in [0.3, 0.4) is 0 Å². The smallest absolute Gasteiger partial charge is 0.160 e. The summed E-state index contributed by atoms with van der Waals surface area (Å²) in [5.74, 6) is 1.73. The van der Waals surface area contributed by atoms with Gasteiger partial charge < -0.3 is 19.3 Å². The molecule has 1 N–H and O–H groups in total. The van der Waals surface area contributed by atoms with E-state index in [0.717, 1.165) is 11.3 Å². The van der Waals surface area contributed by atoms with Crippen molar-refractivity contribution in [3.63, 3.8) is 0 Å². The van der Waals surface area contributed by atoms with E-state index in [1.807, 2.05) is 18.2 Å². The Morgan fingerprint density at radius 2 is 1.62 bits per heavy atom. The first-order valence-corrected chi connectivity index (χ1v) is 7.17. The molecule has 3 aromatic rings. The van der Waals surface area contributed by atoms with Gasteiger partial charge in [-0.25, -0.2) is 4.68 Å². The summed E-state index contributed by atoms with van der Waals surface area (Å²) < 4.78 is 17.3. The average Bonchev–Trinajstić information content (AvgIpc) is 3.10. The van der Waals surface area contributed by atoms with Crippen LogP contribution in [0.15, 0.2) is 42.6 Å². The third kappa shape index (κ3) is 2.83. The molecule has 0 amide bonds. The van der Waals surface area contributed by atoms with E-state index in [0.29, 0.717) is 22.9 Å². The first kappa shape index (κ1) is 15.7.